The summed E-state index contributed by atoms with van der Waals surface area (Å²) in [4.78, 5) is 15.6. The van der Waals surface area contributed by atoms with Gasteiger partial charge < -0.3 is 10.1 Å². The van der Waals surface area contributed by atoms with Crippen LogP contribution in [0.5, 0.6) is 0 Å². The minimum atomic E-state index is -0.119. The molecule has 1 saturated heterocycles. The van der Waals surface area contributed by atoms with E-state index in [4.69, 9.17) is 4.74 Å². The van der Waals surface area contributed by atoms with Crippen LogP contribution in [0.2, 0.25) is 0 Å². The topological polar surface area (TPSA) is 59.4 Å². The van der Waals surface area contributed by atoms with Gasteiger partial charge in [0.15, 0.2) is 5.69 Å². The van der Waals surface area contributed by atoms with Crippen LogP contribution in [0.1, 0.15) is 10.5 Å². The van der Waals surface area contributed by atoms with Gasteiger partial charge in [0.25, 0.3) is 5.91 Å². The number of hydrogen-bond donors (Lipinski definition) is 1. The van der Waals surface area contributed by atoms with Crippen LogP contribution < -0.4 is 5.32 Å². The van der Waals surface area contributed by atoms with Crippen LogP contribution in [-0.2, 0) is 11.8 Å². The molecule has 3 heterocycles. The molecule has 22 heavy (non-hydrogen) atoms. The minimum Gasteiger partial charge on any atom is -0.379 e. The molecule has 1 amide bonds. The normalized spacial score (nSPS) is 15.9. The second kappa shape index (κ2) is 7.04. The van der Waals surface area contributed by atoms with Gasteiger partial charge in [-0.2, -0.15) is 5.10 Å². The van der Waals surface area contributed by atoms with E-state index in [0.717, 1.165) is 43.4 Å². The number of rotatable bonds is 5. The van der Waals surface area contributed by atoms with Gasteiger partial charge in [-0.25, -0.2) is 0 Å². The predicted molar refractivity (Wildman–Crippen MR) is 86.1 cm³/mol. The number of hydrogen-bond acceptors (Lipinski definition) is 5. The van der Waals surface area contributed by atoms with Crippen molar-refractivity contribution in [3.05, 3.63) is 29.3 Å². The van der Waals surface area contributed by atoms with Gasteiger partial charge in [-0.3, -0.25) is 14.4 Å². The Hall–Kier alpha value is -1.70. The van der Waals surface area contributed by atoms with Crippen molar-refractivity contribution < 1.29 is 9.53 Å². The molecule has 0 bridgehead atoms. The second-order valence-electron chi connectivity index (χ2n) is 5.23. The van der Waals surface area contributed by atoms with Crippen LogP contribution in [0.4, 0.5) is 0 Å². The van der Waals surface area contributed by atoms with Gasteiger partial charge in [-0.1, -0.05) is 6.07 Å². The number of nitrogens with zero attached hydrogens (tertiary/aromatic N) is 3. The van der Waals surface area contributed by atoms with Gasteiger partial charge in [0.1, 0.15) is 0 Å². The number of ether oxygens (including phenoxy) is 1. The Kier molecular flexibility index (Phi) is 4.87. The highest BCUT2D eigenvalue weighted by atomic mass is 32.1. The molecular formula is C15H20N4O2S. The maximum Gasteiger partial charge on any atom is 0.271 e. The fraction of sp³-hybridized carbons (Fsp3) is 0.467. The molecule has 0 unspecified atom stereocenters. The van der Waals surface area contributed by atoms with E-state index in [0.29, 0.717) is 12.2 Å². The molecule has 3 rings (SSSR count). The molecule has 0 aliphatic carbocycles. The molecule has 1 fully saturated rings. The maximum absolute atomic E-state index is 12.2. The number of carbonyl (C=O) groups excluding carboxylic acids is 1. The molecule has 118 valence electrons. The summed E-state index contributed by atoms with van der Waals surface area (Å²) in [6, 6.07) is 5.87. The van der Waals surface area contributed by atoms with Gasteiger partial charge in [-0.05, 0) is 17.5 Å². The number of aryl methyl sites for hydroxylation is 1. The first-order valence-corrected chi connectivity index (χ1v) is 8.28. The number of thiophene rings is 1. The summed E-state index contributed by atoms with van der Waals surface area (Å²) in [6.45, 7) is 4.89. The summed E-state index contributed by atoms with van der Waals surface area (Å²) >= 11 is 1.64. The van der Waals surface area contributed by atoms with Crippen molar-refractivity contribution in [2.45, 2.75) is 0 Å². The largest absolute Gasteiger partial charge is 0.379 e. The number of morpholine rings is 1. The summed E-state index contributed by atoms with van der Waals surface area (Å²) in [6.07, 6.45) is 0. The van der Waals surface area contributed by atoms with Gasteiger partial charge in [0, 0.05) is 33.2 Å². The Morgan fingerprint density at radius 3 is 3.00 bits per heavy atom. The third-order valence-corrected chi connectivity index (χ3v) is 4.60. The number of amides is 1. The Morgan fingerprint density at radius 2 is 2.27 bits per heavy atom. The van der Waals surface area contributed by atoms with Crippen molar-refractivity contribution in [3.63, 3.8) is 0 Å². The van der Waals surface area contributed by atoms with Gasteiger partial charge in [-0.15, -0.1) is 11.3 Å². The third kappa shape index (κ3) is 3.55. The molecule has 0 spiro atoms. The van der Waals surface area contributed by atoms with Crippen molar-refractivity contribution in [2.75, 3.05) is 39.4 Å². The fourth-order valence-corrected chi connectivity index (χ4v) is 3.25. The van der Waals surface area contributed by atoms with E-state index < -0.39 is 0 Å². The van der Waals surface area contributed by atoms with Crippen molar-refractivity contribution in [1.82, 2.24) is 20.0 Å². The van der Waals surface area contributed by atoms with Crippen molar-refractivity contribution >= 4 is 17.2 Å². The van der Waals surface area contributed by atoms with Crippen LogP contribution in [-0.4, -0.2) is 60.0 Å². The summed E-state index contributed by atoms with van der Waals surface area (Å²) in [5.74, 6) is -0.119. The molecule has 1 N–H and O–H groups in total. The number of aromatic nitrogens is 2. The van der Waals surface area contributed by atoms with E-state index in [1.54, 1.807) is 16.0 Å². The maximum atomic E-state index is 12.2. The van der Waals surface area contributed by atoms with Gasteiger partial charge in [0.2, 0.25) is 0 Å². The molecule has 1 aliphatic rings. The molecule has 6 nitrogen and oxygen atoms in total. The average molecular weight is 320 g/mol. The van der Waals surface area contributed by atoms with Gasteiger partial charge >= 0.3 is 0 Å². The summed E-state index contributed by atoms with van der Waals surface area (Å²) in [5.41, 5.74) is 1.43. The smallest absolute Gasteiger partial charge is 0.271 e. The molecule has 7 heteroatoms. The Labute approximate surface area is 133 Å². The SMILES string of the molecule is Cn1nc(C(=O)NCCN2CCOCC2)cc1-c1cccs1. The van der Waals surface area contributed by atoms with Crippen LogP contribution in [0.25, 0.3) is 10.6 Å². The van der Waals surface area contributed by atoms with Crippen LogP contribution in [0.15, 0.2) is 23.6 Å². The monoisotopic (exact) mass is 320 g/mol. The number of carbonyl (C=O) groups is 1. The zero-order valence-electron chi connectivity index (χ0n) is 12.6. The highest BCUT2D eigenvalue weighted by molar-refractivity contribution is 7.13. The summed E-state index contributed by atoms with van der Waals surface area (Å²) in [5, 5.41) is 9.27. The highest BCUT2D eigenvalue weighted by Crippen LogP contribution is 2.24. The molecule has 0 aromatic carbocycles. The lowest BCUT2D eigenvalue weighted by atomic mass is 10.3. The van der Waals surface area contributed by atoms with E-state index in [1.807, 2.05) is 30.6 Å². The molecule has 0 saturated carbocycles. The quantitative estimate of drug-likeness (QED) is 0.900. The van der Waals surface area contributed by atoms with Crippen molar-refractivity contribution in [3.8, 4) is 10.6 Å². The van der Waals surface area contributed by atoms with Crippen LogP contribution in [0.3, 0.4) is 0 Å². The van der Waals surface area contributed by atoms with E-state index in [9.17, 15) is 4.79 Å². The molecule has 2 aromatic rings. The first kappa shape index (κ1) is 15.2. The average Bonchev–Trinajstić information content (AvgIpc) is 3.17. The van der Waals surface area contributed by atoms with Crippen LogP contribution >= 0.6 is 11.3 Å². The predicted octanol–water partition coefficient (Wildman–Crippen LogP) is 1.21. The molecule has 0 atom stereocenters. The first-order valence-electron chi connectivity index (χ1n) is 7.40. The standard InChI is InChI=1S/C15H20N4O2S/c1-18-13(14-3-2-10-22-14)11-12(17-18)15(20)16-4-5-19-6-8-21-9-7-19/h2-3,10-11H,4-9H2,1H3,(H,16,20). The molecule has 0 radical (unpaired) electrons. The summed E-state index contributed by atoms with van der Waals surface area (Å²) in [7, 11) is 1.86. The summed E-state index contributed by atoms with van der Waals surface area (Å²) < 4.78 is 7.06. The van der Waals surface area contributed by atoms with E-state index in [-0.39, 0.29) is 5.91 Å². The Morgan fingerprint density at radius 1 is 1.45 bits per heavy atom. The lowest BCUT2D eigenvalue weighted by Gasteiger charge is -2.26. The molecular weight excluding hydrogens is 300 g/mol. The number of nitrogens with one attached hydrogen (secondary N) is 1. The third-order valence-electron chi connectivity index (χ3n) is 3.70. The van der Waals surface area contributed by atoms with Crippen molar-refractivity contribution in [2.24, 2.45) is 7.05 Å². The highest BCUT2D eigenvalue weighted by Gasteiger charge is 2.15. The Bertz CT molecular complexity index is 618. The van der Waals surface area contributed by atoms with Gasteiger partial charge in [0.05, 0.1) is 23.8 Å². The van der Waals surface area contributed by atoms with E-state index in [1.165, 1.54) is 0 Å². The van der Waals surface area contributed by atoms with E-state index in [2.05, 4.69) is 15.3 Å². The second-order valence-corrected chi connectivity index (χ2v) is 6.17. The lowest BCUT2D eigenvalue weighted by Crippen LogP contribution is -2.41. The fourth-order valence-electron chi connectivity index (χ4n) is 2.48. The Balaban J connectivity index is 1.55. The van der Waals surface area contributed by atoms with Crippen LogP contribution in [0, 0.1) is 0 Å². The molecule has 2 aromatic heterocycles. The zero-order valence-corrected chi connectivity index (χ0v) is 13.4. The minimum absolute atomic E-state index is 0.119. The lowest BCUT2D eigenvalue weighted by molar-refractivity contribution is 0.0383. The molecule has 1 aliphatic heterocycles. The van der Waals surface area contributed by atoms with E-state index >= 15 is 0 Å². The van der Waals surface area contributed by atoms with Crippen molar-refractivity contribution in [1.29, 1.82) is 0 Å². The first-order chi connectivity index (χ1) is 10.7. The zero-order chi connectivity index (χ0) is 15.4.